The quantitative estimate of drug-likeness (QED) is 0.434. The second-order valence-electron chi connectivity index (χ2n) is 10.2. The summed E-state index contributed by atoms with van der Waals surface area (Å²) in [7, 11) is 0. The Labute approximate surface area is 229 Å². The van der Waals surface area contributed by atoms with E-state index in [1.807, 2.05) is 17.0 Å². The van der Waals surface area contributed by atoms with Crippen LogP contribution in [0.4, 0.5) is 27.6 Å². The van der Waals surface area contributed by atoms with Crippen LogP contribution in [0.1, 0.15) is 23.1 Å². The number of amides is 1. The van der Waals surface area contributed by atoms with Crippen LogP contribution in [-0.2, 0) is 24.1 Å². The summed E-state index contributed by atoms with van der Waals surface area (Å²) in [5, 5.41) is 3.32. The molecular weight excluding hydrogens is 529 g/mol. The van der Waals surface area contributed by atoms with Crippen LogP contribution in [0.15, 0.2) is 67.0 Å². The SMILES string of the molecule is O=C([C@@H]1C[C@@H](NCc2ccc(F)cc2F)CN1Cc1cccnc1)N1CCN(c2cccc(C(F)(F)F)c2)CC1. The molecule has 3 heterocycles. The van der Waals surface area contributed by atoms with E-state index >= 15 is 0 Å². The molecule has 2 atom stereocenters. The summed E-state index contributed by atoms with van der Waals surface area (Å²) in [6.07, 6.45) is -0.470. The van der Waals surface area contributed by atoms with E-state index in [1.54, 1.807) is 23.4 Å². The van der Waals surface area contributed by atoms with Crippen molar-refractivity contribution in [1.82, 2.24) is 20.1 Å². The van der Waals surface area contributed by atoms with Gasteiger partial charge in [-0.25, -0.2) is 8.78 Å². The highest BCUT2D eigenvalue weighted by Crippen LogP contribution is 2.32. The number of carbonyl (C=O) groups is 1. The minimum Gasteiger partial charge on any atom is -0.368 e. The minimum atomic E-state index is -4.42. The number of likely N-dealkylation sites (tertiary alicyclic amines) is 1. The zero-order valence-electron chi connectivity index (χ0n) is 21.7. The predicted molar refractivity (Wildman–Crippen MR) is 140 cm³/mol. The number of carbonyl (C=O) groups excluding carboxylic acids is 1. The van der Waals surface area contributed by atoms with Crippen molar-refractivity contribution in [1.29, 1.82) is 0 Å². The van der Waals surface area contributed by atoms with Crippen LogP contribution >= 0.6 is 0 Å². The highest BCUT2D eigenvalue weighted by atomic mass is 19.4. The van der Waals surface area contributed by atoms with Gasteiger partial charge in [0.15, 0.2) is 0 Å². The zero-order valence-corrected chi connectivity index (χ0v) is 21.7. The lowest BCUT2D eigenvalue weighted by atomic mass is 10.1. The maximum atomic E-state index is 14.2. The number of nitrogens with zero attached hydrogens (tertiary/aromatic N) is 4. The van der Waals surface area contributed by atoms with E-state index in [9.17, 15) is 26.7 Å². The van der Waals surface area contributed by atoms with E-state index in [4.69, 9.17) is 0 Å². The smallest absolute Gasteiger partial charge is 0.368 e. The average molecular weight is 560 g/mol. The molecule has 5 rings (SSSR count). The number of halogens is 5. The molecule has 0 unspecified atom stereocenters. The largest absolute Gasteiger partial charge is 0.416 e. The molecule has 212 valence electrons. The van der Waals surface area contributed by atoms with Crippen LogP contribution < -0.4 is 10.2 Å². The molecule has 2 aliphatic heterocycles. The molecule has 40 heavy (non-hydrogen) atoms. The lowest BCUT2D eigenvalue weighted by molar-refractivity contribution is -0.137. The highest BCUT2D eigenvalue weighted by Gasteiger charge is 2.39. The van der Waals surface area contributed by atoms with Crippen molar-refractivity contribution in [2.24, 2.45) is 0 Å². The molecule has 0 spiro atoms. The molecule has 0 radical (unpaired) electrons. The Hall–Kier alpha value is -3.57. The van der Waals surface area contributed by atoms with Crippen LogP contribution in [0.2, 0.25) is 0 Å². The second-order valence-corrected chi connectivity index (χ2v) is 10.2. The summed E-state index contributed by atoms with van der Waals surface area (Å²) in [5.41, 5.74) is 1.10. The van der Waals surface area contributed by atoms with Crippen LogP contribution in [0.5, 0.6) is 0 Å². The summed E-state index contributed by atoms with van der Waals surface area (Å²) >= 11 is 0. The van der Waals surface area contributed by atoms with Gasteiger partial charge in [0.05, 0.1) is 11.6 Å². The number of alkyl halides is 3. The molecule has 3 aromatic rings. The number of aromatic nitrogens is 1. The number of rotatable bonds is 7. The third-order valence-electron chi connectivity index (χ3n) is 7.52. The topological polar surface area (TPSA) is 51.7 Å². The number of hydrogen-bond acceptors (Lipinski definition) is 5. The summed E-state index contributed by atoms with van der Waals surface area (Å²) in [6, 6.07) is 12.0. The van der Waals surface area contributed by atoms with E-state index in [-0.39, 0.29) is 18.5 Å². The molecule has 2 saturated heterocycles. The Morgan fingerprint density at radius 3 is 2.50 bits per heavy atom. The third kappa shape index (κ3) is 6.59. The first-order chi connectivity index (χ1) is 19.2. The van der Waals surface area contributed by atoms with E-state index < -0.39 is 29.4 Å². The van der Waals surface area contributed by atoms with Crippen molar-refractivity contribution in [2.45, 2.75) is 37.8 Å². The van der Waals surface area contributed by atoms with Gasteiger partial charge in [-0.05, 0) is 42.3 Å². The van der Waals surface area contributed by atoms with Gasteiger partial charge in [0.25, 0.3) is 0 Å². The molecular formula is C29H30F5N5O. The average Bonchev–Trinajstić information content (AvgIpc) is 3.35. The van der Waals surface area contributed by atoms with E-state index in [0.717, 1.165) is 23.8 Å². The number of nitrogens with one attached hydrogen (secondary N) is 1. The van der Waals surface area contributed by atoms with Crippen LogP contribution in [0.3, 0.4) is 0 Å². The first-order valence-corrected chi connectivity index (χ1v) is 13.2. The lowest BCUT2D eigenvalue weighted by Gasteiger charge is -2.38. The molecule has 1 N–H and O–H groups in total. The number of benzene rings is 2. The van der Waals surface area contributed by atoms with Gasteiger partial charge in [-0.15, -0.1) is 0 Å². The maximum absolute atomic E-state index is 14.2. The van der Waals surface area contributed by atoms with Gasteiger partial charge < -0.3 is 15.1 Å². The van der Waals surface area contributed by atoms with Crippen LogP contribution in [-0.4, -0.2) is 65.5 Å². The molecule has 2 fully saturated rings. The minimum absolute atomic E-state index is 0.0372. The van der Waals surface area contributed by atoms with Crippen LogP contribution in [0.25, 0.3) is 0 Å². The molecule has 2 aliphatic rings. The predicted octanol–water partition coefficient (Wildman–Crippen LogP) is 4.46. The molecule has 1 aromatic heterocycles. The summed E-state index contributed by atoms with van der Waals surface area (Å²) < 4.78 is 66.9. The summed E-state index contributed by atoms with van der Waals surface area (Å²) in [5.74, 6) is -1.29. The fourth-order valence-electron chi connectivity index (χ4n) is 5.40. The number of piperazine rings is 1. The van der Waals surface area contributed by atoms with E-state index in [0.29, 0.717) is 56.9 Å². The van der Waals surface area contributed by atoms with Crippen molar-refractivity contribution >= 4 is 11.6 Å². The van der Waals surface area contributed by atoms with Gasteiger partial charge in [-0.2, -0.15) is 13.2 Å². The summed E-state index contributed by atoms with van der Waals surface area (Å²) in [4.78, 5) is 23.6. The van der Waals surface area contributed by atoms with Gasteiger partial charge >= 0.3 is 6.18 Å². The molecule has 0 saturated carbocycles. The van der Waals surface area contributed by atoms with Gasteiger partial charge in [-0.1, -0.05) is 18.2 Å². The Balaban J connectivity index is 1.24. The molecule has 0 bridgehead atoms. The van der Waals surface area contributed by atoms with E-state index in [1.165, 1.54) is 18.2 Å². The van der Waals surface area contributed by atoms with Gasteiger partial charge in [-0.3, -0.25) is 14.7 Å². The second kappa shape index (κ2) is 11.9. The first kappa shape index (κ1) is 28.0. The molecule has 0 aliphatic carbocycles. The van der Waals surface area contributed by atoms with E-state index in [2.05, 4.69) is 15.2 Å². The van der Waals surface area contributed by atoms with Crippen molar-refractivity contribution in [2.75, 3.05) is 37.6 Å². The normalized spacial score (nSPS) is 20.2. The Bertz CT molecular complexity index is 1310. The molecule has 6 nitrogen and oxygen atoms in total. The van der Waals surface area contributed by atoms with Gasteiger partial charge in [0, 0.05) is 81.6 Å². The van der Waals surface area contributed by atoms with Gasteiger partial charge in [0.2, 0.25) is 5.91 Å². The first-order valence-electron chi connectivity index (χ1n) is 13.2. The number of anilines is 1. The van der Waals surface area contributed by atoms with Crippen molar-refractivity contribution in [3.8, 4) is 0 Å². The van der Waals surface area contributed by atoms with Gasteiger partial charge in [0.1, 0.15) is 11.6 Å². The Morgan fingerprint density at radius 1 is 1.00 bits per heavy atom. The lowest BCUT2D eigenvalue weighted by Crippen LogP contribution is -2.53. The Morgan fingerprint density at radius 2 is 1.80 bits per heavy atom. The van der Waals surface area contributed by atoms with Crippen molar-refractivity contribution in [3.05, 3.63) is 95.3 Å². The molecule has 1 amide bonds. The third-order valence-corrected chi connectivity index (χ3v) is 7.52. The maximum Gasteiger partial charge on any atom is 0.416 e. The monoisotopic (exact) mass is 559 g/mol. The number of pyridine rings is 1. The summed E-state index contributed by atoms with van der Waals surface area (Å²) in [6.45, 7) is 2.90. The zero-order chi connectivity index (χ0) is 28.3. The Kier molecular flexibility index (Phi) is 8.32. The van der Waals surface area contributed by atoms with Crippen LogP contribution in [0, 0.1) is 11.6 Å². The standard InChI is InChI=1S/C29H30F5N5O/c30-23-7-6-21(26(31)14-23)17-36-24-15-27(39(19-24)18-20-3-2-8-35-16-20)28(40)38-11-9-37(10-12-38)25-5-1-4-22(13-25)29(32,33)34/h1-8,13-14,16,24,27,36H,9-12,15,17-19H2/t24-,27+/m1/s1. The van der Waals surface area contributed by atoms with Crippen molar-refractivity contribution < 1.29 is 26.7 Å². The highest BCUT2D eigenvalue weighted by molar-refractivity contribution is 5.82. The molecule has 2 aromatic carbocycles. The fraction of sp³-hybridized carbons (Fsp3) is 0.379. The van der Waals surface area contributed by atoms with Crippen molar-refractivity contribution in [3.63, 3.8) is 0 Å². The molecule has 11 heteroatoms. The number of hydrogen-bond donors (Lipinski definition) is 1. The fourth-order valence-corrected chi connectivity index (χ4v) is 5.40.